The lowest BCUT2D eigenvalue weighted by atomic mass is 10.2. The molecule has 0 saturated carbocycles. The maximum absolute atomic E-state index is 12.9. The Bertz CT molecular complexity index is 610. The van der Waals surface area contributed by atoms with Crippen LogP contribution in [0.15, 0.2) is 23.1 Å². The van der Waals surface area contributed by atoms with Gasteiger partial charge in [0, 0.05) is 19.5 Å². The Labute approximate surface area is 133 Å². The average molecular weight is 329 g/mol. The van der Waals surface area contributed by atoms with Crippen LogP contribution in [-0.4, -0.2) is 30.8 Å². The second-order valence-corrected chi connectivity index (χ2v) is 8.17. The molecule has 118 valence electrons. The van der Waals surface area contributed by atoms with Gasteiger partial charge in [0.1, 0.15) is 0 Å². The Morgan fingerprint density at radius 3 is 2.43 bits per heavy atom. The predicted molar refractivity (Wildman–Crippen MR) is 90.9 cm³/mol. The number of thiocarbonyl (C=S) groups is 1. The topological polar surface area (TPSA) is 63.4 Å². The molecule has 0 aliphatic rings. The summed E-state index contributed by atoms with van der Waals surface area (Å²) < 4.78 is 27.2. The molecule has 0 heterocycles. The van der Waals surface area contributed by atoms with Gasteiger partial charge < -0.3 is 5.73 Å². The van der Waals surface area contributed by atoms with Crippen molar-refractivity contribution in [2.75, 3.05) is 13.1 Å². The standard InChI is InChI=1S/C15H24N2O2S2/c1-11(2)10-17(8-7-15(16)20)21(18,19)14-6-5-12(3)9-13(14)4/h5-6,9,11H,7-8,10H2,1-4H3,(H2,16,20). The number of hydrogen-bond donors (Lipinski definition) is 1. The molecular weight excluding hydrogens is 304 g/mol. The van der Waals surface area contributed by atoms with Gasteiger partial charge in [-0.1, -0.05) is 43.8 Å². The van der Waals surface area contributed by atoms with Gasteiger partial charge in [-0.2, -0.15) is 4.31 Å². The zero-order valence-corrected chi connectivity index (χ0v) is 14.7. The smallest absolute Gasteiger partial charge is 0.243 e. The Kier molecular flexibility index (Phi) is 6.31. The van der Waals surface area contributed by atoms with Crippen LogP contribution in [0, 0.1) is 19.8 Å². The predicted octanol–water partition coefficient (Wildman–Crippen LogP) is 2.63. The minimum atomic E-state index is -3.52. The van der Waals surface area contributed by atoms with Gasteiger partial charge in [0.2, 0.25) is 10.0 Å². The molecular formula is C15H24N2O2S2. The number of hydrogen-bond acceptors (Lipinski definition) is 3. The highest BCUT2D eigenvalue weighted by molar-refractivity contribution is 7.89. The molecule has 1 aromatic rings. The van der Waals surface area contributed by atoms with Crippen molar-refractivity contribution < 1.29 is 8.42 Å². The van der Waals surface area contributed by atoms with Crippen molar-refractivity contribution in [1.29, 1.82) is 0 Å². The van der Waals surface area contributed by atoms with Gasteiger partial charge in [0.25, 0.3) is 0 Å². The highest BCUT2D eigenvalue weighted by Gasteiger charge is 2.26. The van der Waals surface area contributed by atoms with Crippen molar-refractivity contribution >= 4 is 27.2 Å². The second-order valence-electron chi connectivity index (χ2n) is 5.74. The third-order valence-electron chi connectivity index (χ3n) is 3.12. The number of sulfonamides is 1. The van der Waals surface area contributed by atoms with E-state index in [1.54, 1.807) is 6.07 Å². The molecule has 1 aromatic carbocycles. The molecule has 0 unspecified atom stereocenters. The SMILES string of the molecule is Cc1ccc(S(=O)(=O)N(CCC(N)=S)CC(C)C)c(C)c1. The molecule has 2 N–H and O–H groups in total. The molecule has 0 atom stereocenters. The zero-order valence-electron chi connectivity index (χ0n) is 13.1. The zero-order chi connectivity index (χ0) is 16.2. The van der Waals surface area contributed by atoms with Gasteiger partial charge in [0.15, 0.2) is 0 Å². The van der Waals surface area contributed by atoms with Crippen LogP contribution in [-0.2, 0) is 10.0 Å². The van der Waals surface area contributed by atoms with Gasteiger partial charge >= 0.3 is 0 Å². The highest BCUT2D eigenvalue weighted by atomic mass is 32.2. The Morgan fingerprint density at radius 1 is 1.33 bits per heavy atom. The summed E-state index contributed by atoms with van der Waals surface area (Å²) in [5.74, 6) is 0.233. The van der Waals surface area contributed by atoms with Gasteiger partial charge in [-0.05, 0) is 31.4 Å². The van der Waals surface area contributed by atoms with E-state index in [-0.39, 0.29) is 5.92 Å². The Morgan fingerprint density at radius 2 is 1.95 bits per heavy atom. The van der Waals surface area contributed by atoms with Crippen molar-refractivity contribution in [2.24, 2.45) is 11.7 Å². The minimum Gasteiger partial charge on any atom is -0.393 e. The van der Waals surface area contributed by atoms with E-state index < -0.39 is 10.0 Å². The second kappa shape index (κ2) is 7.33. The van der Waals surface area contributed by atoms with Gasteiger partial charge in [-0.15, -0.1) is 0 Å². The fraction of sp³-hybridized carbons (Fsp3) is 0.533. The van der Waals surface area contributed by atoms with Crippen molar-refractivity contribution in [2.45, 2.75) is 39.0 Å². The first-order valence-corrected chi connectivity index (χ1v) is 8.85. The molecule has 21 heavy (non-hydrogen) atoms. The number of nitrogens with two attached hydrogens (primary N) is 1. The summed E-state index contributed by atoms with van der Waals surface area (Å²) in [6.07, 6.45) is 0.395. The third-order valence-corrected chi connectivity index (χ3v) is 5.35. The molecule has 0 aromatic heterocycles. The lowest BCUT2D eigenvalue weighted by molar-refractivity contribution is 0.374. The molecule has 0 bridgehead atoms. The minimum absolute atomic E-state index is 0.233. The molecule has 0 amide bonds. The van der Waals surface area contributed by atoms with Crippen LogP contribution >= 0.6 is 12.2 Å². The molecule has 4 nitrogen and oxygen atoms in total. The van der Waals surface area contributed by atoms with Crippen LogP contribution < -0.4 is 5.73 Å². The summed E-state index contributed by atoms with van der Waals surface area (Å²) in [5.41, 5.74) is 7.32. The highest BCUT2D eigenvalue weighted by Crippen LogP contribution is 2.22. The van der Waals surface area contributed by atoms with E-state index >= 15 is 0 Å². The van der Waals surface area contributed by atoms with Crippen LogP contribution in [0.4, 0.5) is 0 Å². The number of nitrogens with zero attached hydrogens (tertiary/aromatic N) is 1. The van der Waals surface area contributed by atoms with Crippen molar-refractivity contribution in [3.63, 3.8) is 0 Å². The summed E-state index contributed by atoms with van der Waals surface area (Å²) in [7, 11) is -3.52. The van der Waals surface area contributed by atoms with E-state index in [9.17, 15) is 8.42 Å². The largest absolute Gasteiger partial charge is 0.393 e. The van der Waals surface area contributed by atoms with E-state index in [0.717, 1.165) is 11.1 Å². The fourth-order valence-electron chi connectivity index (χ4n) is 2.18. The lowest BCUT2D eigenvalue weighted by Crippen LogP contribution is -2.36. The quantitative estimate of drug-likeness (QED) is 0.782. The summed E-state index contributed by atoms with van der Waals surface area (Å²) >= 11 is 4.87. The van der Waals surface area contributed by atoms with Gasteiger partial charge in [-0.25, -0.2) is 8.42 Å². The third kappa shape index (κ3) is 5.05. The fourth-order valence-corrected chi connectivity index (χ4v) is 4.08. The van der Waals surface area contributed by atoms with Gasteiger partial charge in [0.05, 0.1) is 9.88 Å². The first-order valence-electron chi connectivity index (χ1n) is 7.00. The number of aryl methyl sites for hydroxylation is 2. The Hall–Kier alpha value is -0.980. The molecule has 0 fully saturated rings. The molecule has 0 radical (unpaired) electrons. The molecule has 0 aliphatic heterocycles. The summed E-state index contributed by atoms with van der Waals surface area (Å²) in [6, 6.07) is 5.38. The Balaban J connectivity index is 3.16. The molecule has 0 saturated heterocycles. The number of benzene rings is 1. The molecule has 0 aliphatic carbocycles. The van der Waals surface area contributed by atoms with Crippen LogP contribution in [0.2, 0.25) is 0 Å². The summed E-state index contributed by atoms with van der Waals surface area (Å²) in [4.78, 5) is 0.691. The van der Waals surface area contributed by atoms with Gasteiger partial charge in [-0.3, -0.25) is 0 Å². The maximum atomic E-state index is 12.9. The molecule has 6 heteroatoms. The number of rotatable bonds is 7. The first kappa shape index (κ1) is 18.1. The van der Waals surface area contributed by atoms with Crippen LogP contribution in [0.3, 0.4) is 0 Å². The molecule has 0 spiro atoms. The van der Waals surface area contributed by atoms with Crippen LogP contribution in [0.1, 0.15) is 31.4 Å². The van der Waals surface area contributed by atoms with Crippen molar-refractivity contribution in [3.8, 4) is 0 Å². The monoisotopic (exact) mass is 328 g/mol. The van der Waals surface area contributed by atoms with Crippen molar-refractivity contribution in [3.05, 3.63) is 29.3 Å². The van der Waals surface area contributed by atoms with Crippen molar-refractivity contribution in [1.82, 2.24) is 4.31 Å². The van der Waals surface area contributed by atoms with E-state index in [2.05, 4.69) is 0 Å². The summed E-state index contributed by atoms with van der Waals surface area (Å²) in [6.45, 7) is 8.53. The maximum Gasteiger partial charge on any atom is 0.243 e. The van der Waals surface area contributed by atoms with E-state index in [1.165, 1.54) is 4.31 Å². The van der Waals surface area contributed by atoms with E-state index in [0.29, 0.717) is 29.4 Å². The lowest BCUT2D eigenvalue weighted by Gasteiger charge is -2.24. The van der Waals surface area contributed by atoms with E-state index in [4.69, 9.17) is 18.0 Å². The average Bonchev–Trinajstić information content (AvgIpc) is 2.33. The van der Waals surface area contributed by atoms with Crippen LogP contribution in [0.25, 0.3) is 0 Å². The van der Waals surface area contributed by atoms with Crippen LogP contribution in [0.5, 0.6) is 0 Å². The van der Waals surface area contributed by atoms with E-state index in [1.807, 2.05) is 39.8 Å². The summed E-state index contributed by atoms with van der Waals surface area (Å²) in [5, 5.41) is 0. The molecule has 1 rings (SSSR count). The normalized spacial score (nSPS) is 12.1. The first-order chi connectivity index (χ1) is 9.64.